The summed E-state index contributed by atoms with van der Waals surface area (Å²) >= 11 is 0. The summed E-state index contributed by atoms with van der Waals surface area (Å²) in [4.78, 5) is 12.0. The lowest BCUT2D eigenvalue weighted by atomic mass is 10.0. The number of ether oxygens (including phenoxy) is 1. The number of alkyl carbamates (subject to hydrolysis) is 1. The minimum absolute atomic E-state index is 0.0331. The molecule has 0 aliphatic heterocycles. The van der Waals surface area contributed by atoms with Crippen LogP contribution in [0.1, 0.15) is 53.1 Å². The van der Waals surface area contributed by atoms with Crippen LogP contribution < -0.4 is 15.8 Å². The average molecular weight is 372 g/mol. The van der Waals surface area contributed by atoms with Gasteiger partial charge in [0.2, 0.25) is 10.0 Å². The van der Waals surface area contributed by atoms with E-state index in [4.69, 9.17) is 9.88 Å². The number of benzene rings is 1. The number of hydrogen-bond donors (Lipinski definition) is 3. The fraction of sp³-hybridized carbons (Fsp3) is 0.588. The quantitative estimate of drug-likeness (QED) is 0.710. The van der Waals surface area contributed by atoms with Gasteiger partial charge >= 0.3 is 6.09 Å². The summed E-state index contributed by atoms with van der Waals surface area (Å²) in [6, 6.07) is 6.35. The molecule has 1 aromatic rings. The molecule has 1 rings (SSSR count). The average Bonchev–Trinajstić information content (AvgIpc) is 2.41. The van der Waals surface area contributed by atoms with Gasteiger partial charge in [0.15, 0.2) is 0 Å². The maximum Gasteiger partial charge on any atom is 0.408 e. The third kappa shape index (κ3) is 7.85. The molecule has 0 aliphatic carbocycles. The summed E-state index contributed by atoms with van der Waals surface area (Å²) in [5, 5.41) is 11.2. The minimum atomic E-state index is -3.69. The number of rotatable bonds is 6. The van der Waals surface area contributed by atoms with Gasteiger partial charge in [-0.3, -0.25) is 0 Å². The smallest absolute Gasteiger partial charge is 0.408 e. The monoisotopic (exact) mass is 371 g/mol. The zero-order valence-corrected chi connectivity index (χ0v) is 16.5. The van der Waals surface area contributed by atoms with Gasteiger partial charge in [0.25, 0.3) is 0 Å². The van der Waals surface area contributed by atoms with Crippen molar-refractivity contribution in [2.75, 3.05) is 6.54 Å². The van der Waals surface area contributed by atoms with Crippen LogP contribution in [-0.2, 0) is 14.8 Å². The standard InChI is InChI=1S/C17H29N3O4S/c1-12(13-7-9-14(10-8-13)25(18,22)23)19-11-17(5,6)20-15(21)24-16(2,3)4/h7-10,12,19H,11H2,1-6H3,(H,20,21)(H2,18,22,23). The molecule has 0 radical (unpaired) electrons. The van der Waals surface area contributed by atoms with E-state index in [1.165, 1.54) is 12.1 Å². The van der Waals surface area contributed by atoms with Crippen LogP contribution in [0.4, 0.5) is 4.79 Å². The molecule has 0 fully saturated rings. The normalized spacial score (nSPS) is 14.0. The van der Waals surface area contributed by atoms with Crippen LogP contribution in [0.5, 0.6) is 0 Å². The Labute approximate surface area is 150 Å². The summed E-state index contributed by atoms with van der Waals surface area (Å²) in [5.41, 5.74) is -0.149. The van der Waals surface area contributed by atoms with Crippen LogP contribution in [-0.4, -0.2) is 32.2 Å². The zero-order chi connectivity index (χ0) is 19.5. The maximum absolute atomic E-state index is 11.9. The number of sulfonamides is 1. The lowest BCUT2D eigenvalue weighted by molar-refractivity contribution is 0.0471. The highest BCUT2D eigenvalue weighted by Gasteiger charge is 2.25. The van der Waals surface area contributed by atoms with Gasteiger partial charge in [-0.2, -0.15) is 0 Å². The number of nitrogens with one attached hydrogen (secondary N) is 2. The second kappa shape index (κ2) is 7.72. The number of primary sulfonamides is 1. The number of amides is 1. The van der Waals surface area contributed by atoms with Crippen molar-refractivity contribution in [2.24, 2.45) is 5.14 Å². The van der Waals surface area contributed by atoms with Crippen molar-refractivity contribution in [1.29, 1.82) is 0 Å². The van der Waals surface area contributed by atoms with Gasteiger partial charge in [-0.15, -0.1) is 0 Å². The van der Waals surface area contributed by atoms with E-state index in [-0.39, 0.29) is 10.9 Å². The van der Waals surface area contributed by atoms with Crippen LogP contribution in [0, 0.1) is 0 Å². The largest absolute Gasteiger partial charge is 0.444 e. The van der Waals surface area contributed by atoms with Gasteiger partial charge in [0, 0.05) is 12.6 Å². The highest BCUT2D eigenvalue weighted by molar-refractivity contribution is 7.89. The van der Waals surface area contributed by atoms with Crippen molar-refractivity contribution in [3.05, 3.63) is 29.8 Å². The molecular formula is C17H29N3O4S. The Morgan fingerprint density at radius 3 is 2.12 bits per heavy atom. The summed E-state index contributed by atoms with van der Waals surface area (Å²) in [6.07, 6.45) is -0.468. The van der Waals surface area contributed by atoms with E-state index >= 15 is 0 Å². The van der Waals surface area contributed by atoms with E-state index in [0.29, 0.717) is 6.54 Å². The van der Waals surface area contributed by atoms with Crippen LogP contribution in [0.25, 0.3) is 0 Å². The highest BCUT2D eigenvalue weighted by atomic mass is 32.2. The fourth-order valence-corrected chi connectivity index (χ4v) is 2.61. The van der Waals surface area contributed by atoms with E-state index in [1.807, 2.05) is 41.5 Å². The van der Waals surface area contributed by atoms with Crippen LogP contribution in [0.3, 0.4) is 0 Å². The first-order chi connectivity index (χ1) is 11.2. The van der Waals surface area contributed by atoms with Crippen molar-refractivity contribution >= 4 is 16.1 Å². The van der Waals surface area contributed by atoms with Gasteiger partial charge in [0.1, 0.15) is 5.60 Å². The fourth-order valence-electron chi connectivity index (χ4n) is 2.10. The van der Waals surface area contributed by atoms with Crippen LogP contribution >= 0.6 is 0 Å². The second-order valence-corrected chi connectivity index (χ2v) is 9.29. The molecule has 1 unspecified atom stereocenters. The second-order valence-electron chi connectivity index (χ2n) is 7.73. The topological polar surface area (TPSA) is 111 Å². The molecule has 25 heavy (non-hydrogen) atoms. The molecule has 0 bridgehead atoms. The van der Waals surface area contributed by atoms with Crippen molar-refractivity contribution in [1.82, 2.24) is 10.6 Å². The summed E-state index contributed by atoms with van der Waals surface area (Å²) in [7, 11) is -3.69. The number of nitrogens with two attached hydrogens (primary N) is 1. The van der Waals surface area contributed by atoms with Crippen molar-refractivity contribution in [2.45, 2.75) is 63.6 Å². The molecule has 8 heteroatoms. The summed E-state index contributed by atoms with van der Waals surface area (Å²) in [6.45, 7) is 11.7. The SMILES string of the molecule is CC(NCC(C)(C)NC(=O)OC(C)(C)C)c1ccc(S(N)(=O)=O)cc1. The molecule has 1 amide bonds. The predicted molar refractivity (Wildman–Crippen MR) is 97.7 cm³/mol. The van der Waals surface area contributed by atoms with Gasteiger partial charge in [-0.05, 0) is 59.2 Å². The Kier molecular flexibility index (Phi) is 6.61. The highest BCUT2D eigenvalue weighted by Crippen LogP contribution is 2.16. The molecule has 1 aromatic carbocycles. The van der Waals surface area contributed by atoms with Crippen molar-refractivity contribution in [3.63, 3.8) is 0 Å². The van der Waals surface area contributed by atoms with Gasteiger partial charge in [0.05, 0.1) is 10.4 Å². The van der Waals surface area contributed by atoms with Crippen LogP contribution in [0.15, 0.2) is 29.2 Å². The third-order valence-corrected chi connectivity index (χ3v) is 4.33. The summed E-state index contributed by atoms with van der Waals surface area (Å²) < 4.78 is 27.8. The Morgan fingerprint density at radius 1 is 1.16 bits per heavy atom. The Hall–Kier alpha value is -1.64. The molecular weight excluding hydrogens is 342 g/mol. The van der Waals surface area contributed by atoms with Gasteiger partial charge < -0.3 is 15.4 Å². The van der Waals surface area contributed by atoms with E-state index in [9.17, 15) is 13.2 Å². The van der Waals surface area contributed by atoms with E-state index in [2.05, 4.69) is 10.6 Å². The van der Waals surface area contributed by atoms with Crippen molar-refractivity contribution in [3.8, 4) is 0 Å². The molecule has 4 N–H and O–H groups in total. The molecule has 0 aromatic heterocycles. The zero-order valence-electron chi connectivity index (χ0n) is 15.7. The third-order valence-electron chi connectivity index (χ3n) is 3.40. The molecule has 0 aliphatic rings. The van der Waals surface area contributed by atoms with Crippen LogP contribution in [0.2, 0.25) is 0 Å². The molecule has 0 saturated heterocycles. The maximum atomic E-state index is 11.9. The lowest BCUT2D eigenvalue weighted by Crippen LogP contribution is -2.51. The molecule has 7 nitrogen and oxygen atoms in total. The number of carbonyl (C=O) groups excluding carboxylic acids is 1. The Balaban J connectivity index is 2.62. The Morgan fingerprint density at radius 2 is 1.68 bits per heavy atom. The van der Waals surface area contributed by atoms with Gasteiger partial charge in [-0.25, -0.2) is 18.4 Å². The molecule has 142 valence electrons. The number of hydrogen-bond acceptors (Lipinski definition) is 5. The Bertz CT molecular complexity index is 692. The summed E-state index contributed by atoms with van der Waals surface area (Å²) in [5.74, 6) is 0. The molecule has 1 atom stereocenters. The van der Waals surface area contributed by atoms with Crippen molar-refractivity contribution < 1.29 is 17.9 Å². The van der Waals surface area contributed by atoms with E-state index in [1.54, 1.807) is 12.1 Å². The lowest BCUT2D eigenvalue weighted by Gasteiger charge is -2.30. The first kappa shape index (κ1) is 21.4. The van der Waals surface area contributed by atoms with Gasteiger partial charge in [-0.1, -0.05) is 12.1 Å². The van der Waals surface area contributed by atoms with E-state index in [0.717, 1.165) is 5.56 Å². The molecule has 0 heterocycles. The first-order valence-corrected chi connectivity index (χ1v) is 9.62. The molecule has 0 spiro atoms. The predicted octanol–water partition coefficient (Wildman–Crippen LogP) is 2.29. The molecule has 0 saturated carbocycles. The minimum Gasteiger partial charge on any atom is -0.444 e. The first-order valence-electron chi connectivity index (χ1n) is 8.07. The number of carbonyl (C=O) groups is 1. The van der Waals surface area contributed by atoms with E-state index < -0.39 is 27.3 Å².